The molecule has 0 aliphatic heterocycles. The van der Waals surface area contributed by atoms with Gasteiger partial charge in [-0.1, -0.05) is 24.3 Å². The van der Waals surface area contributed by atoms with Gasteiger partial charge in [-0.2, -0.15) is 0 Å². The van der Waals surface area contributed by atoms with Gasteiger partial charge in [0.2, 0.25) is 0 Å². The number of benzene rings is 2. The van der Waals surface area contributed by atoms with E-state index in [1.165, 1.54) is 18.2 Å². The highest BCUT2D eigenvalue weighted by Gasteiger charge is 2.30. The van der Waals surface area contributed by atoms with E-state index in [9.17, 15) is 22.8 Å². The number of para-hydroxylation sites is 1. The predicted octanol–water partition coefficient (Wildman–Crippen LogP) is 4.54. The van der Waals surface area contributed by atoms with Crippen LogP contribution in [-0.2, 0) is 14.3 Å². The summed E-state index contributed by atoms with van der Waals surface area (Å²) in [6.45, 7) is -0.483. The van der Waals surface area contributed by atoms with Gasteiger partial charge in [0.25, 0.3) is 5.91 Å². The Hall–Kier alpha value is -2.81. The standard InChI is InChI=1S/C18H13BrF3NO4/c19-14-3-1-2-4-15(14)23-16(24)11-26-17(25)10-7-12-5-8-13(9-6-12)27-18(20,21)22/h1-10H,11H2,(H,23,24)/b10-7+. The van der Waals surface area contributed by atoms with E-state index >= 15 is 0 Å². The van der Waals surface area contributed by atoms with Crippen molar-refractivity contribution < 1.29 is 32.2 Å². The number of amides is 1. The molecule has 9 heteroatoms. The Bertz CT molecular complexity index is 835. The molecule has 0 aliphatic rings. The summed E-state index contributed by atoms with van der Waals surface area (Å²) in [7, 11) is 0. The fraction of sp³-hybridized carbons (Fsp3) is 0.111. The number of ether oxygens (including phenoxy) is 2. The normalized spacial score (nSPS) is 11.3. The summed E-state index contributed by atoms with van der Waals surface area (Å²) in [6.07, 6.45) is -2.37. The van der Waals surface area contributed by atoms with Crippen LogP contribution in [0.25, 0.3) is 6.08 Å². The van der Waals surface area contributed by atoms with Gasteiger partial charge in [-0.15, -0.1) is 13.2 Å². The fourth-order valence-corrected chi connectivity index (χ4v) is 2.26. The highest BCUT2D eigenvalue weighted by molar-refractivity contribution is 9.10. The first-order chi connectivity index (χ1) is 12.7. The first-order valence-electron chi connectivity index (χ1n) is 7.48. The summed E-state index contributed by atoms with van der Waals surface area (Å²) in [5.41, 5.74) is 0.995. The van der Waals surface area contributed by atoms with E-state index in [2.05, 4.69) is 26.0 Å². The van der Waals surface area contributed by atoms with Gasteiger partial charge in [-0.25, -0.2) is 4.79 Å². The minimum Gasteiger partial charge on any atom is -0.452 e. The molecule has 0 fully saturated rings. The average Bonchev–Trinajstić information content (AvgIpc) is 2.60. The smallest absolute Gasteiger partial charge is 0.452 e. The number of carbonyl (C=O) groups is 2. The molecule has 1 N–H and O–H groups in total. The van der Waals surface area contributed by atoms with Crippen molar-refractivity contribution in [2.45, 2.75) is 6.36 Å². The molecule has 0 saturated heterocycles. The maximum Gasteiger partial charge on any atom is 0.573 e. The van der Waals surface area contributed by atoms with Crippen molar-refractivity contribution >= 4 is 39.6 Å². The summed E-state index contributed by atoms with van der Waals surface area (Å²) in [6, 6.07) is 11.8. The predicted molar refractivity (Wildman–Crippen MR) is 95.9 cm³/mol. The van der Waals surface area contributed by atoms with Crippen molar-refractivity contribution in [1.82, 2.24) is 0 Å². The quantitative estimate of drug-likeness (QED) is 0.525. The number of nitrogens with one attached hydrogen (secondary N) is 1. The van der Waals surface area contributed by atoms with Crippen LogP contribution in [0.2, 0.25) is 0 Å². The van der Waals surface area contributed by atoms with E-state index in [4.69, 9.17) is 4.74 Å². The lowest BCUT2D eigenvalue weighted by atomic mass is 10.2. The molecule has 2 aromatic rings. The molecular formula is C18H13BrF3NO4. The van der Waals surface area contributed by atoms with E-state index < -0.39 is 24.8 Å². The zero-order chi connectivity index (χ0) is 19.9. The SMILES string of the molecule is O=C(COC(=O)/C=C/c1ccc(OC(F)(F)F)cc1)Nc1ccccc1Br. The van der Waals surface area contributed by atoms with Crippen LogP contribution in [0, 0.1) is 0 Å². The van der Waals surface area contributed by atoms with Gasteiger partial charge < -0.3 is 14.8 Å². The zero-order valence-corrected chi connectivity index (χ0v) is 15.2. The zero-order valence-electron chi connectivity index (χ0n) is 13.6. The number of carbonyl (C=O) groups excluding carboxylic acids is 2. The van der Waals surface area contributed by atoms with Crippen LogP contribution in [0.1, 0.15) is 5.56 Å². The maximum atomic E-state index is 12.1. The third-order valence-electron chi connectivity index (χ3n) is 3.02. The van der Waals surface area contributed by atoms with E-state index in [1.54, 1.807) is 24.3 Å². The molecule has 142 valence electrons. The third kappa shape index (κ3) is 7.53. The summed E-state index contributed by atoms with van der Waals surface area (Å²) >= 11 is 3.27. The molecule has 0 atom stereocenters. The number of esters is 1. The molecule has 27 heavy (non-hydrogen) atoms. The molecule has 0 saturated carbocycles. The third-order valence-corrected chi connectivity index (χ3v) is 3.71. The van der Waals surface area contributed by atoms with Gasteiger partial charge in [-0.05, 0) is 51.8 Å². The molecule has 1 amide bonds. The second-order valence-corrected chi connectivity index (χ2v) is 5.94. The number of alkyl halides is 3. The van der Waals surface area contributed by atoms with Crippen LogP contribution >= 0.6 is 15.9 Å². The van der Waals surface area contributed by atoms with Crippen molar-refractivity contribution in [1.29, 1.82) is 0 Å². The second kappa shape index (κ2) is 9.22. The van der Waals surface area contributed by atoms with Gasteiger partial charge in [-0.3, -0.25) is 4.79 Å². The summed E-state index contributed by atoms with van der Waals surface area (Å²) < 4.78 is 45.4. The molecule has 5 nitrogen and oxygen atoms in total. The Morgan fingerprint density at radius 1 is 1.07 bits per heavy atom. The maximum absolute atomic E-state index is 12.1. The molecule has 0 heterocycles. The summed E-state index contributed by atoms with van der Waals surface area (Å²) in [4.78, 5) is 23.4. The highest BCUT2D eigenvalue weighted by Crippen LogP contribution is 2.23. The highest BCUT2D eigenvalue weighted by atomic mass is 79.9. The molecule has 0 bridgehead atoms. The number of anilines is 1. The minimum absolute atomic E-state index is 0.369. The van der Waals surface area contributed by atoms with Crippen molar-refractivity contribution in [2.24, 2.45) is 0 Å². The van der Waals surface area contributed by atoms with E-state index in [0.29, 0.717) is 15.7 Å². The molecule has 0 radical (unpaired) electrons. The van der Waals surface area contributed by atoms with Crippen LogP contribution in [0.15, 0.2) is 59.1 Å². The summed E-state index contributed by atoms with van der Waals surface area (Å²) in [5, 5.41) is 2.57. The largest absolute Gasteiger partial charge is 0.573 e. The van der Waals surface area contributed by atoms with Crippen LogP contribution in [0.3, 0.4) is 0 Å². The Balaban J connectivity index is 1.81. The van der Waals surface area contributed by atoms with Crippen molar-refractivity contribution in [3.05, 3.63) is 64.6 Å². The van der Waals surface area contributed by atoms with Gasteiger partial charge in [0.05, 0.1) is 5.69 Å². The first-order valence-corrected chi connectivity index (χ1v) is 8.27. The van der Waals surface area contributed by atoms with Gasteiger partial charge in [0.1, 0.15) is 5.75 Å². The van der Waals surface area contributed by atoms with Gasteiger partial charge in [0, 0.05) is 10.5 Å². The Morgan fingerprint density at radius 2 is 1.74 bits per heavy atom. The molecule has 0 unspecified atom stereocenters. The lowest BCUT2D eigenvalue weighted by molar-refractivity contribution is -0.274. The van der Waals surface area contributed by atoms with E-state index in [1.807, 2.05) is 0 Å². The van der Waals surface area contributed by atoms with E-state index in [0.717, 1.165) is 18.2 Å². The molecule has 2 aromatic carbocycles. The Morgan fingerprint density at radius 3 is 2.37 bits per heavy atom. The van der Waals surface area contributed by atoms with E-state index in [-0.39, 0.29) is 5.75 Å². The lowest BCUT2D eigenvalue weighted by Gasteiger charge is -2.08. The minimum atomic E-state index is -4.77. The van der Waals surface area contributed by atoms with Crippen molar-refractivity contribution in [2.75, 3.05) is 11.9 Å². The lowest BCUT2D eigenvalue weighted by Crippen LogP contribution is -2.20. The first kappa shape index (κ1) is 20.5. The summed E-state index contributed by atoms with van der Waals surface area (Å²) in [5.74, 6) is -1.66. The van der Waals surface area contributed by atoms with Crippen molar-refractivity contribution in [3.63, 3.8) is 0 Å². The van der Waals surface area contributed by atoms with Crippen LogP contribution in [-0.4, -0.2) is 24.8 Å². The number of hydrogen-bond donors (Lipinski definition) is 1. The molecule has 0 aromatic heterocycles. The van der Waals surface area contributed by atoms with Crippen molar-refractivity contribution in [3.8, 4) is 5.75 Å². The fourth-order valence-electron chi connectivity index (χ4n) is 1.88. The Labute approximate surface area is 160 Å². The number of rotatable bonds is 6. The van der Waals surface area contributed by atoms with Gasteiger partial charge >= 0.3 is 12.3 Å². The number of hydrogen-bond acceptors (Lipinski definition) is 4. The van der Waals surface area contributed by atoms with Gasteiger partial charge in [0.15, 0.2) is 6.61 Å². The van der Waals surface area contributed by atoms with Crippen LogP contribution < -0.4 is 10.1 Å². The second-order valence-electron chi connectivity index (χ2n) is 5.09. The molecule has 2 rings (SSSR count). The topological polar surface area (TPSA) is 64.6 Å². The Kier molecular flexibility index (Phi) is 7.00. The van der Waals surface area contributed by atoms with Crippen LogP contribution in [0.4, 0.5) is 18.9 Å². The molecule has 0 aliphatic carbocycles. The number of halogens is 4. The molecular weight excluding hydrogens is 431 g/mol. The average molecular weight is 444 g/mol. The molecule has 0 spiro atoms. The monoisotopic (exact) mass is 443 g/mol. The van der Waals surface area contributed by atoms with Crippen LogP contribution in [0.5, 0.6) is 5.75 Å².